The fourth-order valence-electron chi connectivity index (χ4n) is 3.00. The van der Waals surface area contributed by atoms with Crippen molar-refractivity contribution in [2.24, 2.45) is 5.41 Å². The molecule has 1 aliphatic rings. The number of hydrogen-bond acceptors (Lipinski definition) is 4. The first-order valence-electron chi connectivity index (χ1n) is 8.92. The number of rotatable bonds is 10. The molecule has 26 heavy (non-hydrogen) atoms. The Hall–Kier alpha value is -2.41. The lowest BCUT2D eigenvalue weighted by Gasteiger charge is -2.40. The number of carboxylic acids is 1. The number of amides is 2. The zero-order valence-corrected chi connectivity index (χ0v) is 15.0. The summed E-state index contributed by atoms with van der Waals surface area (Å²) in [4.78, 5) is 34.7. The molecule has 7 heteroatoms. The standard InChI is InChI=1S/C19H26N2O5/c1-2-26-11-10-19(8-3-9-19)18(25)21-15-6-4-14(5-7-15)12-16(22)20-13-17(23)24/h4-7H,2-3,8-13H2,1H3,(H,20,22)(H,21,25)(H,23,24). The van der Waals surface area contributed by atoms with Crippen LogP contribution in [-0.2, 0) is 25.5 Å². The van der Waals surface area contributed by atoms with Crippen molar-refractivity contribution >= 4 is 23.5 Å². The fourth-order valence-corrected chi connectivity index (χ4v) is 3.00. The second kappa shape index (κ2) is 9.33. The smallest absolute Gasteiger partial charge is 0.322 e. The number of carbonyl (C=O) groups is 3. The summed E-state index contributed by atoms with van der Waals surface area (Å²) in [6, 6.07) is 7.02. The molecule has 0 spiro atoms. The van der Waals surface area contributed by atoms with Crippen LogP contribution >= 0.6 is 0 Å². The average Bonchev–Trinajstić information content (AvgIpc) is 2.57. The van der Waals surface area contributed by atoms with Crippen LogP contribution < -0.4 is 10.6 Å². The highest BCUT2D eigenvalue weighted by atomic mass is 16.5. The van der Waals surface area contributed by atoms with E-state index < -0.39 is 12.5 Å². The molecule has 2 amide bonds. The van der Waals surface area contributed by atoms with Crippen LogP contribution in [0.15, 0.2) is 24.3 Å². The van der Waals surface area contributed by atoms with Crippen molar-refractivity contribution in [3.8, 4) is 0 Å². The van der Waals surface area contributed by atoms with Gasteiger partial charge in [-0.05, 0) is 43.9 Å². The molecule has 7 nitrogen and oxygen atoms in total. The highest BCUT2D eigenvalue weighted by Gasteiger charge is 2.43. The minimum absolute atomic E-state index is 0.0235. The SMILES string of the molecule is CCOCCC1(C(=O)Nc2ccc(CC(=O)NCC(=O)O)cc2)CCC1. The van der Waals surface area contributed by atoms with Crippen molar-refractivity contribution in [1.29, 1.82) is 0 Å². The van der Waals surface area contributed by atoms with Crippen molar-refractivity contribution in [3.63, 3.8) is 0 Å². The zero-order chi connectivity index (χ0) is 19.0. The average molecular weight is 362 g/mol. The Labute approximate surface area is 153 Å². The minimum atomic E-state index is -1.08. The van der Waals surface area contributed by atoms with Gasteiger partial charge in [-0.15, -0.1) is 0 Å². The first kappa shape index (κ1) is 19.9. The summed E-state index contributed by atoms with van der Waals surface area (Å²) in [6.45, 7) is 2.79. The van der Waals surface area contributed by atoms with Crippen LogP contribution in [0.5, 0.6) is 0 Å². The largest absolute Gasteiger partial charge is 0.480 e. The maximum atomic E-state index is 12.6. The molecule has 1 saturated carbocycles. The van der Waals surface area contributed by atoms with E-state index in [1.807, 2.05) is 6.92 Å². The Bertz CT molecular complexity index is 638. The highest BCUT2D eigenvalue weighted by molar-refractivity contribution is 5.96. The lowest BCUT2D eigenvalue weighted by Crippen LogP contribution is -2.42. The molecule has 0 heterocycles. The number of hydrogen-bond donors (Lipinski definition) is 3. The van der Waals surface area contributed by atoms with E-state index >= 15 is 0 Å². The number of aliphatic carboxylic acids is 1. The van der Waals surface area contributed by atoms with Crippen molar-refractivity contribution in [2.45, 2.75) is 39.0 Å². The van der Waals surface area contributed by atoms with Crippen molar-refractivity contribution in [1.82, 2.24) is 5.32 Å². The van der Waals surface area contributed by atoms with E-state index in [0.717, 1.165) is 31.2 Å². The molecule has 0 atom stereocenters. The second-order valence-electron chi connectivity index (χ2n) is 6.58. The maximum Gasteiger partial charge on any atom is 0.322 e. The van der Waals surface area contributed by atoms with E-state index in [-0.39, 0.29) is 23.7 Å². The molecule has 1 aromatic rings. The molecule has 0 bridgehead atoms. The van der Waals surface area contributed by atoms with Gasteiger partial charge in [-0.3, -0.25) is 14.4 Å². The Morgan fingerprint density at radius 2 is 1.88 bits per heavy atom. The van der Waals surface area contributed by atoms with Gasteiger partial charge in [-0.2, -0.15) is 0 Å². The van der Waals surface area contributed by atoms with E-state index in [1.54, 1.807) is 24.3 Å². The number of carbonyl (C=O) groups excluding carboxylic acids is 2. The second-order valence-corrected chi connectivity index (χ2v) is 6.58. The molecule has 0 aromatic heterocycles. The summed E-state index contributed by atoms with van der Waals surface area (Å²) in [6.07, 6.45) is 3.65. The minimum Gasteiger partial charge on any atom is -0.480 e. The van der Waals surface area contributed by atoms with Gasteiger partial charge in [0.25, 0.3) is 0 Å². The van der Waals surface area contributed by atoms with Crippen LogP contribution in [0.1, 0.15) is 38.2 Å². The van der Waals surface area contributed by atoms with Gasteiger partial charge in [0.2, 0.25) is 11.8 Å². The number of ether oxygens (including phenoxy) is 1. The van der Waals surface area contributed by atoms with E-state index in [2.05, 4.69) is 10.6 Å². The number of nitrogens with one attached hydrogen (secondary N) is 2. The summed E-state index contributed by atoms with van der Waals surface area (Å²) in [7, 11) is 0. The molecule has 142 valence electrons. The zero-order valence-electron chi connectivity index (χ0n) is 15.0. The van der Waals surface area contributed by atoms with Crippen molar-refractivity contribution in [3.05, 3.63) is 29.8 Å². The van der Waals surface area contributed by atoms with Gasteiger partial charge >= 0.3 is 5.97 Å². The van der Waals surface area contributed by atoms with Gasteiger partial charge in [-0.25, -0.2) is 0 Å². The highest BCUT2D eigenvalue weighted by Crippen LogP contribution is 2.44. The van der Waals surface area contributed by atoms with E-state index in [9.17, 15) is 14.4 Å². The Balaban J connectivity index is 1.87. The quantitative estimate of drug-likeness (QED) is 0.552. The Morgan fingerprint density at radius 1 is 1.19 bits per heavy atom. The van der Waals surface area contributed by atoms with Gasteiger partial charge in [-0.1, -0.05) is 18.6 Å². The van der Waals surface area contributed by atoms with Crippen LogP contribution in [0, 0.1) is 5.41 Å². The molecule has 0 unspecified atom stereocenters. The third-order valence-electron chi connectivity index (χ3n) is 4.73. The van der Waals surface area contributed by atoms with E-state index in [0.29, 0.717) is 18.9 Å². The third-order valence-corrected chi connectivity index (χ3v) is 4.73. The lowest BCUT2D eigenvalue weighted by atomic mass is 9.66. The molecular weight excluding hydrogens is 336 g/mol. The van der Waals surface area contributed by atoms with Crippen LogP contribution in [0.4, 0.5) is 5.69 Å². The summed E-state index contributed by atoms with van der Waals surface area (Å²) in [5, 5.41) is 13.8. The molecule has 0 aliphatic heterocycles. The van der Waals surface area contributed by atoms with Crippen molar-refractivity contribution in [2.75, 3.05) is 25.1 Å². The third kappa shape index (κ3) is 5.56. The normalized spacial score (nSPS) is 15.0. The topological polar surface area (TPSA) is 105 Å². The number of anilines is 1. The Kier molecular flexibility index (Phi) is 7.15. The summed E-state index contributed by atoms with van der Waals surface area (Å²) in [5.41, 5.74) is 1.11. The van der Waals surface area contributed by atoms with Gasteiger partial charge in [0.1, 0.15) is 6.54 Å². The first-order valence-corrected chi connectivity index (χ1v) is 8.92. The molecule has 1 aromatic carbocycles. The molecule has 1 aliphatic carbocycles. The number of benzene rings is 1. The van der Waals surface area contributed by atoms with Crippen molar-refractivity contribution < 1.29 is 24.2 Å². The van der Waals surface area contributed by atoms with Gasteiger partial charge in [0, 0.05) is 18.9 Å². The molecule has 1 fully saturated rings. The molecule has 0 radical (unpaired) electrons. The number of carboxylic acid groups (broad SMARTS) is 1. The Morgan fingerprint density at radius 3 is 2.42 bits per heavy atom. The summed E-state index contributed by atoms with van der Waals surface area (Å²) < 4.78 is 5.40. The van der Waals surface area contributed by atoms with Crippen LogP contribution in [0.25, 0.3) is 0 Å². The van der Waals surface area contributed by atoms with Crippen LogP contribution in [-0.4, -0.2) is 42.6 Å². The van der Waals surface area contributed by atoms with Gasteiger partial charge in [0.05, 0.1) is 11.8 Å². The van der Waals surface area contributed by atoms with Gasteiger partial charge < -0.3 is 20.5 Å². The first-order chi connectivity index (χ1) is 12.4. The molecule has 0 saturated heterocycles. The predicted molar refractivity (Wildman–Crippen MR) is 96.8 cm³/mol. The van der Waals surface area contributed by atoms with E-state index in [4.69, 9.17) is 9.84 Å². The summed E-state index contributed by atoms with van der Waals surface area (Å²) in [5.74, 6) is -1.41. The monoisotopic (exact) mass is 362 g/mol. The lowest BCUT2D eigenvalue weighted by molar-refractivity contribution is -0.137. The van der Waals surface area contributed by atoms with Crippen LogP contribution in [0.2, 0.25) is 0 Å². The van der Waals surface area contributed by atoms with Crippen LogP contribution in [0.3, 0.4) is 0 Å². The molecule has 3 N–H and O–H groups in total. The molecular formula is C19H26N2O5. The van der Waals surface area contributed by atoms with E-state index in [1.165, 1.54) is 0 Å². The predicted octanol–water partition coefficient (Wildman–Crippen LogP) is 1.97. The van der Waals surface area contributed by atoms with Gasteiger partial charge in [0.15, 0.2) is 0 Å². The summed E-state index contributed by atoms with van der Waals surface area (Å²) >= 11 is 0. The molecule has 2 rings (SSSR count). The fraction of sp³-hybridized carbons (Fsp3) is 0.526. The maximum absolute atomic E-state index is 12.6.